The van der Waals surface area contributed by atoms with E-state index in [0.717, 1.165) is 11.3 Å². The average Bonchev–Trinajstić information content (AvgIpc) is 2.65. The summed E-state index contributed by atoms with van der Waals surface area (Å²) in [5.74, 6) is 5.12. The molecule has 0 fully saturated rings. The Kier molecular flexibility index (Phi) is 3.16. The van der Waals surface area contributed by atoms with Crippen LogP contribution in [0.5, 0.6) is 0 Å². The first-order valence-corrected chi connectivity index (χ1v) is 5.19. The maximum atomic E-state index is 13.7. The summed E-state index contributed by atoms with van der Waals surface area (Å²) in [6, 6.07) is 1.18. The van der Waals surface area contributed by atoms with Crippen molar-refractivity contribution in [3.63, 3.8) is 0 Å². The zero-order valence-electron chi connectivity index (χ0n) is 9.68. The second-order valence-electron chi connectivity index (χ2n) is 3.81. The number of rotatable bonds is 3. The maximum Gasteiger partial charge on any atom is 0.146 e. The van der Waals surface area contributed by atoms with Crippen LogP contribution >= 0.6 is 0 Å². The molecule has 0 amide bonds. The molecule has 3 N–H and O–H groups in total. The SMILES string of the molecule is Cc1c(C(NN)c2ccncc2F)cnn1C. The molecule has 0 aliphatic rings. The van der Waals surface area contributed by atoms with E-state index in [4.69, 9.17) is 5.84 Å². The molecule has 0 saturated heterocycles. The summed E-state index contributed by atoms with van der Waals surface area (Å²) in [6.07, 6.45) is 4.39. The fourth-order valence-electron chi connectivity index (χ4n) is 1.77. The number of nitrogens with one attached hydrogen (secondary N) is 1. The van der Waals surface area contributed by atoms with Crippen LogP contribution in [-0.4, -0.2) is 14.8 Å². The molecule has 1 unspecified atom stereocenters. The number of halogens is 1. The molecule has 5 nitrogen and oxygen atoms in total. The molecule has 0 spiro atoms. The van der Waals surface area contributed by atoms with Crippen LogP contribution in [0.15, 0.2) is 24.7 Å². The molecule has 6 heteroatoms. The maximum absolute atomic E-state index is 13.7. The Labute approximate surface area is 98.4 Å². The van der Waals surface area contributed by atoms with Gasteiger partial charge in [-0.25, -0.2) is 9.82 Å². The largest absolute Gasteiger partial charge is 0.273 e. The highest BCUT2D eigenvalue weighted by atomic mass is 19.1. The van der Waals surface area contributed by atoms with Crippen LogP contribution in [0.2, 0.25) is 0 Å². The molecule has 0 bridgehead atoms. The van der Waals surface area contributed by atoms with Crippen LogP contribution in [-0.2, 0) is 7.05 Å². The molecule has 0 saturated carbocycles. The summed E-state index contributed by atoms with van der Waals surface area (Å²) in [7, 11) is 1.83. The summed E-state index contributed by atoms with van der Waals surface area (Å²) in [6.45, 7) is 1.91. The van der Waals surface area contributed by atoms with Crippen molar-refractivity contribution < 1.29 is 4.39 Å². The van der Waals surface area contributed by atoms with E-state index in [0.29, 0.717) is 5.56 Å². The van der Waals surface area contributed by atoms with E-state index in [9.17, 15) is 4.39 Å². The van der Waals surface area contributed by atoms with Gasteiger partial charge in [0.15, 0.2) is 0 Å². The number of hydrogen-bond acceptors (Lipinski definition) is 4. The molecule has 2 aromatic rings. The Balaban J connectivity index is 2.48. The Morgan fingerprint density at radius 3 is 2.71 bits per heavy atom. The normalized spacial score (nSPS) is 12.7. The second-order valence-corrected chi connectivity index (χ2v) is 3.81. The highest BCUT2D eigenvalue weighted by Crippen LogP contribution is 2.25. The van der Waals surface area contributed by atoms with Crippen molar-refractivity contribution >= 4 is 0 Å². The van der Waals surface area contributed by atoms with Crippen molar-refractivity contribution in [2.24, 2.45) is 12.9 Å². The van der Waals surface area contributed by atoms with Gasteiger partial charge in [-0.05, 0) is 13.0 Å². The monoisotopic (exact) mass is 235 g/mol. The Hall–Kier alpha value is -1.79. The molecular weight excluding hydrogens is 221 g/mol. The fraction of sp³-hybridized carbons (Fsp3) is 0.273. The van der Waals surface area contributed by atoms with E-state index in [1.807, 2.05) is 14.0 Å². The van der Waals surface area contributed by atoms with Gasteiger partial charge in [0.05, 0.1) is 18.4 Å². The third-order valence-corrected chi connectivity index (χ3v) is 2.87. The molecule has 2 aromatic heterocycles. The highest BCUT2D eigenvalue weighted by Gasteiger charge is 2.20. The number of hydrogen-bond donors (Lipinski definition) is 2. The zero-order valence-corrected chi connectivity index (χ0v) is 9.68. The van der Waals surface area contributed by atoms with Crippen molar-refractivity contribution in [1.29, 1.82) is 0 Å². The first-order valence-electron chi connectivity index (χ1n) is 5.19. The fourth-order valence-corrected chi connectivity index (χ4v) is 1.77. The molecule has 1 atom stereocenters. The zero-order chi connectivity index (χ0) is 12.4. The lowest BCUT2D eigenvalue weighted by Crippen LogP contribution is -2.30. The van der Waals surface area contributed by atoms with Gasteiger partial charge in [-0.2, -0.15) is 5.10 Å². The lowest BCUT2D eigenvalue weighted by molar-refractivity contribution is 0.553. The van der Waals surface area contributed by atoms with Crippen LogP contribution in [0, 0.1) is 12.7 Å². The van der Waals surface area contributed by atoms with Gasteiger partial charge in [-0.15, -0.1) is 0 Å². The summed E-state index contributed by atoms with van der Waals surface area (Å²) in [5, 5.41) is 4.12. The number of pyridine rings is 1. The van der Waals surface area contributed by atoms with Crippen LogP contribution in [0.1, 0.15) is 22.9 Å². The predicted molar refractivity (Wildman–Crippen MR) is 61.3 cm³/mol. The van der Waals surface area contributed by atoms with Gasteiger partial charge in [-0.3, -0.25) is 15.5 Å². The van der Waals surface area contributed by atoms with Crippen LogP contribution in [0.3, 0.4) is 0 Å². The first-order chi connectivity index (χ1) is 8.15. The van der Waals surface area contributed by atoms with Crippen molar-refractivity contribution in [1.82, 2.24) is 20.2 Å². The number of hydrazine groups is 1. The number of aromatic nitrogens is 3. The summed E-state index contributed by atoms with van der Waals surface area (Å²) in [5.41, 5.74) is 4.85. The average molecular weight is 235 g/mol. The molecule has 0 aliphatic heterocycles. The minimum atomic E-state index is -0.424. The third-order valence-electron chi connectivity index (χ3n) is 2.87. The van der Waals surface area contributed by atoms with Crippen molar-refractivity contribution in [3.05, 3.63) is 47.3 Å². The minimum Gasteiger partial charge on any atom is -0.273 e. The minimum absolute atomic E-state index is 0.390. The van der Waals surface area contributed by atoms with Gasteiger partial charge < -0.3 is 0 Å². The first kappa shape index (κ1) is 11.7. The van der Waals surface area contributed by atoms with Gasteiger partial charge in [0.2, 0.25) is 0 Å². The quantitative estimate of drug-likeness (QED) is 0.610. The lowest BCUT2D eigenvalue weighted by Gasteiger charge is -2.16. The van der Waals surface area contributed by atoms with Gasteiger partial charge in [-0.1, -0.05) is 0 Å². The molecule has 0 aliphatic carbocycles. The van der Waals surface area contributed by atoms with Gasteiger partial charge in [0.1, 0.15) is 5.82 Å². The van der Waals surface area contributed by atoms with Crippen LogP contribution in [0.25, 0.3) is 0 Å². The topological polar surface area (TPSA) is 68.8 Å². The lowest BCUT2D eigenvalue weighted by atomic mass is 10.0. The van der Waals surface area contributed by atoms with Crippen molar-refractivity contribution in [2.75, 3.05) is 0 Å². The van der Waals surface area contributed by atoms with E-state index in [1.54, 1.807) is 16.9 Å². The molecule has 2 rings (SSSR count). The summed E-state index contributed by atoms with van der Waals surface area (Å²) >= 11 is 0. The molecule has 0 radical (unpaired) electrons. The van der Waals surface area contributed by atoms with Crippen molar-refractivity contribution in [2.45, 2.75) is 13.0 Å². The van der Waals surface area contributed by atoms with E-state index in [-0.39, 0.29) is 0 Å². The van der Waals surface area contributed by atoms with Gasteiger partial charge in [0.25, 0.3) is 0 Å². The smallest absolute Gasteiger partial charge is 0.146 e. The Morgan fingerprint density at radius 1 is 1.41 bits per heavy atom. The van der Waals surface area contributed by atoms with E-state index < -0.39 is 11.9 Å². The number of aryl methyl sites for hydroxylation is 1. The standard InChI is InChI=1S/C11H14FN5/c1-7-9(5-15-17(7)2)11(16-13)8-3-4-14-6-10(8)12/h3-6,11,16H,13H2,1-2H3. The van der Waals surface area contributed by atoms with Gasteiger partial charge >= 0.3 is 0 Å². The third kappa shape index (κ3) is 2.04. The Morgan fingerprint density at radius 2 is 2.18 bits per heavy atom. The molecule has 17 heavy (non-hydrogen) atoms. The molecule has 0 aromatic carbocycles. The Bertz CT molecular complexity index is 522. The molecule has 90 valence electrons. The van der Waals surface area contributed by atoms with E-state index in [2.05, 4.69) is 15.5 Å². The van der Waals surface area contributed by atoms with Crippen LogP contribution in [0.4, 0.5) is 4.39 Å². The van der Waals surface area contributed by atoms with Gasteiger partial charge in [0, 0.05) is 30.1 Å². The summed E-state index contributed by atoms with van der Waals surface area (Å²) in [4.78, 5) is 3.72. The van der Waals surface area contributed by atoms with Crippen molar-refractivity contribution in [3.8, 4) is 0 Å². The number of nitrogens with two attached hydrogens (primary N) is 1. The highest BCUT2D eigenvalue weighted by molar-refractivity contribution is 5.32. The number of nitrogens with zero attached hydrogens (tertiary/aromatic N) is 3. The molecular formula is C11H14FN5. The van der Waals surface area contributed by atoms with E-state index in [1.165, 1.54) is 12.4 Å². The second kappa shape index (κ2) is 4.60. The summed E-state index contributed by atoms with van der Waals surface area (Å²) < 4.78 is 15.4. The predicted octanol–water partition coefficient (Wildman–Crippen LogP) is 0.815. The van der Waals surface area contributed by atoms with Crippen LogP contribution < -0.4 is 11.3 Å². The van der Waals surface area contributed by atoms with E-state index >= 15 is 0 Å². The molecule has 2 heterocycles.